The van der Waals surface area contributed by atoms with Crippen LogP contribution in [-0.2, 0) is 16.1 Å². The number of allylic oxidation sites excluding steroid dienone is 1. The minimum Gasteiger partial charge on any atom is -0.486 e. The molecule has 6 nitrogen and oxygen atoms in total. The van der Waals surface area contributed by atoms with Gasteiger partial charge in [0.15, 0.2) is 5.76 Å². The Morgan fingerprint density at radius 1 is 1.20 bits per heavy atom. The number of carbonyl (C=O) groups is 2. The molecule has 0 unspecified atom stereocenters. The van der Waals surface area contributed by atoms with Crippen molar-refractivity contribution in [2.24, 2.45) is 0 Å². The molecule has 1 aromatic heterocycles. The molecule has 25 heavy (non-hydrogen) atoms. The largest absolute Gasteiger partial charge is 0.486 e. The molecule has 1 amide bonds. The lowest BCUT2D eigenvalue weighted by Crippen LogP contribution is -2.21. The molecule has 2 aromatic rings. The van der Waals surface area contributed by atoms with E-state index < -0.39 is 11.9 Å². The maximum atomic E-state index is 12.8. The zero-order valence-electron chi connectivity index (χ0n) is 13.9. The molecular formula is C18H18FNO5. The molecule has 1 N–H and O–H groups in total. The minimum atomic E-state index is -0.534. The number of hydrogen-bond acceptors (Lipinski definition) is 5. The zero-order chi connectivity index (χ0) is 18.2. The molecule has 0 bridgehead atoms. The highest BCUT2D eigenvalue weighted by molar-refractivity contribution is 5.93. The Morgan fingerprint density at radius 2 is 1.92 bits per heavy atom. The number of furan rings is 1. The summed E-state index contributed by atoms with van der Waals surface area (Å²) in [6.45, 7) is 3.61. The molecule has 2 rings (SSSR count). The fourth-order valence-corrected chi connectivity index (χ4v) is 1.90. The quantitative estimate of drug-likeness (QED) is 0.615. The molecule has 0 atom stereocenters. The number of rotatable bonds is 7. The molecule has 1 heterocycles. The Balaban J connectivity index is 1.90. The normalized spacial score (nSPS) is 11.1. The highest BCUT2D eigenvalue weighted by Crippen LogP contribution is 2.15. The van der Waals surface area contributed by atoms with Crippen LogP contribution in [-0.4, -0.2) is 18.5 Å². The molecule has 0 radical (unpaired) electrons. The second kappa shape index (κ2) is 8.68. The first-order valence-electron chi connectivity index (χ1n) is 7.61. The summed E-state index contributed by atoms with van der Waals surface area (Å²) in [6, 6.07) is 8.66. The second-order valence-corrected chi connectivity index (χ2v) is 5.04. The number of ether oxygens (including phenoxy) is 2. The minimum absolute atomic E-state index is 0.0781. The molecule has 0 spiro atoms. The fourth-order valence-electron chi connectivity index (χ4n) is 1.90. The van der Waals surface area contributed by atoms with Crippen LogP contribution in [0.4, 0.5) is 4.39 Å². The van der Waals surface area contributed by atoms with E-state index in [4.69, 9.17) is 13.9 Å². The lowest BCUT2D eigenvalue weighted by atomic mass is 10.3. The SMILES string of the molecule is CCOC(=O)/C=C(\C)NC(=O)c1ccc(COc2ccc(F)cc2)o1. The monoisotopic (exact) mass is 347 g/mol. The summed E-state index contributed by atoms with van der Waals surface area (Å²) in [5, 5.41) is 2.52. The molecule has 0 aliphatic carbocycles. The number of carbonyl (C=O) groups excluding carboxylic acids is 2. The number of benzene rings is 1. The first-order chi connectivity index (χ1) is 12.0. The van der Waals surface area contributed by atoms with Crippen molar-refractivity contribution >= 4 is 11.9 Å². The Bertz CT molecular complexity index is 764. The summed E-state index contributed by atoms with van der Waals surface area (Å²) in [4.78, 5) is 23.3. The number of hydrogen-bond donors (Lipinski definition) is 1. The molecule has 0 saturated carbocycles. The molecule has 0 fully saturated rings. The number of amides is 1. The van der Waals surface area contributed by atoms with E-state index in [0.717, 1.165) is 0 Å². The van der Waals surface area contributed by atoms with Crippen LogP contribution in [0.25, 0.3) is 0 Å². The van der Waals surface area contributed by atoms with Gasteiger partial charge in [0.1, 0.15) is 23.9 Å². The van der Waals surface area contributed by atoms with Gasteiger partial charge in [0, 0.05) is 11.8 Å². The van der Waals surface area contributed by atoms with Gasteiger partial charge in [-0.05, 0) is 50.2 Å². The molecular weight excluding hydrogens is 329 g/mol. The Kier molecular flexibility index (Phi) is 6.33. The van der Waals surface area contributed by atoms with Gasteiger partial charge >= 0.3 is 5.97 Å². The maximum absolute atomic E-state index is 12.8. The first kappa shape index (κ1) is 18.3. The van der Waals surface area contributed by atoms with Crippen LogP contribution in [0.1, 0.15) is 30.2 Å². The average Bonchev–Trinajstić information content (AvgIpc) is 3.03. The van der Waals surface area contributed by atoms with E-state index in [2.05, 4.69) is 5.32 Å². The van der Waals surface area contributed by atoms with Crippen molar-refractivity contribution in [2.45, 2.75) is 20.5 Å². The van der Waals surface area contributed by atoms with E-state index in [0.29, 0.717) is 17.2 Å². The van der Waals surface area contributed by atoms with Crippen molar-refractivity contribution in [1.29, 1.82) is 0 Å². The highest BCUT2D eigenvalue weighted by atomic mass is 19.1. The third-order valence-electron chi connectivity index (χ3n) is 3.01. The van der Waals surface area contributed by atoms with E-state index in [9.17, 15) is 14.0 Å². The first-order valence-corrected chi connectivity index (χ1v) is 7.61. The van der Waals surface area contributed by atoms with Crippen LogP contribution in [0.15, 0.2) is 52.6 Å². The number of nitrogens with one attached hydrogen (secondary N) is 1. The van der Waals surface area contributed by atoms with E-state index >= 15 is 0 Å². The highest BCUT2D eigenvalue weighted by Gasteiger charge is 2.12. The van der Waals surface area contributed by atoms with Crippen molar-refractivity contribution in [1.82, 2.24) is 5.32 Å². The lowest BCUT2D eigenvalue weighted by Gasteiger charge is -2.04. The number of halogens is 1. The zero-order valence-corrected chi connectivity index (χ0v) is 13.9. The van der Waals surface area contributed by atoms with Crippen molar-refractivity contribution < 1.29 is 27.9 Å². The lowest BCUT2D eigenvalue weighted by molar-refractivity contribution is -0.137. The second-order valence-electron chi connectivity index (χ2n) is 5.04. The average molecular weight is 347 g/mol. The fraction of sp³-hybridized carbons (Fsp3) is 0.222. The third-order valence-corrected chi connectivity index (χ3v) is 3.01. The molecule has 132 valence electrons. The molecule has 7 heteroatoms. The van der Waals surface area contributed by atoms with Crippen LogP contribution < -0.4 is 10.1 Å². The summed E-state index contributed by atoms with van der Waals surface area (Å²) >= 11 is 0. The van der Waals surface area contributed by atoms with Crippen LogP contribution in [0.3, 0.4) is 0 Å². The number of esters is 1. The standard InChI is InChI=1S/C18H18FNO5/c1-3-23-17(21)10-12(2)20-18(22)16-9-8-15(25-16)11-24-14-6-4-13(19)5-7-14/h4-10H,3,11H2,1-2H3,(H,20,22)/b12-10+. The van der Waals surface area contributed by atoms with Crippen LogP contribution in [0.5, 0.6) is 5.75 Å². The molecule has 0 aliphatic heterocycles. The van der Waals surface area contributed by atoms with Crippen LogP contribution >= 0.6 is 0 Å². The third kappa shape index (κ3) is 5.80. The van der Waals surface area contributed by atoms with Gasteiger partial charge in [-0.25, -0.2) is 9.18 Å². The Morgan fingerprint density at radius 3 is 2.60 bits per heavy atom. The van der Waals surface area contributed by atoms with E-state index in [1.807, 2.05) is 0 Å². The molecule has 0 saturated heterocycles. The van der Waals surface area contributed by atoms with Crippen molar-refractivity contribution in [2.75, 3.05) is 6.61 Å². The van der Waals surface area contributed by atoms with Gasteiger partial charge in [-0.2, -0.15) is 0 Å². The molecule has 1 aromatic carbocycles. The smallest absolute Gasteiger partial charge is 0.332 e. The summed E-state index contributed by atoms with van der Waals surface area (Å²) in [5.74, 6) is -0.386. The van der Waals surface area contributed by atoms with Gasteiger partial charge in [-0.3, -0.25) is 4.79 Å². The van der Waals surface area contributed by atoms with Gasteiger partial charge in [0.05, 0.1) is 6.61 Å². The van der Waals surface area contributed by atoms with Crippen LogP contribution in [0, 0.1) is 5.82 Å². The van der Waals surface area contributed by atoms with Crippen molar-refractivity contribution in [3.8, 4) is 5.75 Å². The van der Waals surface area contributed by atoms with Gasteiger partial charge in [0.25, 0.3) is 5.91 Å². The van der Waals surface area contributed by atoms with E-state index in [-0.39, 0.29) is 24.8 Å². The predicted molar refractivity (Wildman–Crippen MR) is 87.3 cm³/mol. The summed E-state index contributed by atoms with van der Waals surface area (Å²) in [7, 11) is 0. The summed E-state index contributed by atoms with van der Waals surface area (Å²) in [6.07, 6.45) is 1.18. The van der Waals surface area contributed by atoms with Gasteiger partial charge in [0.2, 0.25) is 0 Å². The predicted octanol–water partition coefficient (Wildman–Crippen LogP) is 3.19. The van der Waals surface area contributed by atoms with E-state index in [1.54, 1.807) is 19.9 Å². The Hall–Kier alpha value is -3.09. The van der Waals surface area contributed by atoms with Crippen molar-refractivity contribution in [3.63, 3.8) is 0 Å². The van der Waals surface area contributed by atoms with Gasteiger partial charge < -0.3 is 19.2 Å². The van der Waals surface area contributed by atoms with Crippen molar-refractivity contribution in [3.05, 3.63) is 65.5 Å². The maximum Gasteiger partial charge on any atom is 0.332 e. The summed E-state index contributed by atoms with van der Waals surface area (Å²) in [5.41, 5.74) is 0.337. The van der Waals surface area contributed by atoms with Crippen LogP contribution in [0.2, 0.25) is 0 Å². The topological polar surface area (TPSA) is 77.8 Å². The Labute approximate surface area is 144 Å². The van der Waals surface area contributed by atoms with E-state index in [1.165, 1.54) is 36.4 Å². The summed E-state index contributed by atoms with van der Waals surface area (Å²) < 4.78 is 28.4. The van der Waals surface area contributed by atoms with Gasteiger partial charge in [-0.1, -0.05) is 0 Å². The van der Waals surface area contributed by atoms with Gasteiger partial charge in [-0.15, -0.1) is 0 Å². The molecule has 0 aliphatic rings.